The van der Waals surface area contributed by atoms with Crippen LogP contribution in [0, 0.1) is 5.41 Å². The number of amides is 1. The normalized spacial score (nSPS) is 11.0. The lowest BCUT2D eigenvalue weighted by atomic mass is 10.1. The average molecular weight is 301 g/mol. The predicted octanol–water partition coefficient (Wildman–Crippen LogP) is 2.31. The lowest BCUT2D eigenvalue weighted by molar-refractivity contribution is -0.114. The summed E-state index contributed by atoms with van der Waals surface area (Å²) in [6.07, 6.45) is 1.73. The minimum absolute atomic E-state index is 0.387. The minimum Gasteiger partial charge on any atom is -0.496 e. The number of rotatable bonds is 4. The highest BCUT2D eigenvalue weighted by molar-refractivity contribution is 7.11. The van der Waals surface area contributed by atoms with Crippen molar-refractivity contribution in [1.82, 2.24) is 5.32 Å². The Hall–Kier alpha value is -2.60. The first-order chi connectivity index (χ1) is 10.1. The van der Waals surface area contributed by atoms with E-state index in [0.29, 0.717) is 11.3 Å². The molecule has 1 amide bonds. The van der Waals surface area contributed by atoms with Gasteiger partial charge in [0.15, 0.2) is 5.96 Å². The molecule has 1 heterocycles. The molecule has 4 N–H and O–H groups in total. The van der Waals surface area contributed by atoms with Crippen LogP contribution >= 0.6 is 11.3 Å². The van der Waals surface area contributed by atoms with Crippen molar-refractivity contribution in [3.8, 4) is 5.75 Å². The summed E-state index contributed by atoms with van der Waals surface area (Å²) in [4.78, 5) is 13.0. The van der Waals surface area contributed by atoms with E-state index in [4.69, 9.17) is 15.9 Å². The molecule has 0 unspecified atom stereocenters. The maximum Gasteiger partial charge on any atom is 0.259 e. The monoisotopic (exact) mass is 301 g/mol. The fraction of sp³-hybridized carbons (Fsp3) is 0.0667. The van der Waals surface area contributed by atoms with Crippen molar-refractivity contribution in [1.29, 1.82) is 5.41 Å². The van der Waals surface area contributed by atoms with Crippen molar-refractivity contribution in [2.24, 2.45) is 5.73 Å². The van der Waals surface area contributed by atoms with E-state index in [1.54, 1.807) is 13.2 Å². The number of hydrogen-bond donors (Lipinski definition) is 3. The molecule has 6 heteroatoms. The molecule has 0 saturated carbocycles. The van der Waals surface area contributed by atoms with Gasteiger partial charge in [-0.05, 0) is 23.6 Å². The topological polar surface area (TPSA) is 88.2 Å². The Kier molecular flexibility index (Phi) is 4.73. The molecule has 0 aliphatic rings. The zero-order valence-corrected chi connectivity index (χ0v) is 12.2. The highest BCUT2D eigenvalue weighted by atomic mass is 32.1. The maximum atomic E-state index is 12.2. The lowest BCUT2D eigenvalue weighted by Gasteiger charge is -2.08. The molecule has 2 aromatic rings. The molecule has 21 heavy (non-hydrogen) atoms. The molecule has 0 bridgehead atoms. The smallest absolute Gasteiger partial charge is 0.259 e. The van der Waals surface area contributed by atoms with Gasteiger partial charge >= 0.3 is 0 Å². The molecule has 0 radical (unpaired) electrons. The quantitative estimate of drug-likeness (QED) is 0.460. The Bertz CT molecular complexity index is 678. The van der Waals surface area contributed by atoms with Crippen LogP contribution < -0.4 is 15.8 Å². The Morgan fingerprint density at radius 2 is 2.10 bits per heavy atom. The van der Waals surface area contributed by atoms with E-state index in [2.05, 4.69) is 5.32 Å². The Balaban J connectivity index is 2.46. The van der Waals surface area contributed by atoms with Crippen molar-refractivity contribution in [3.05, 3.63) is 52.2 Å². The van der Waals surface area contributed by atoms with Crippen LogP contribution in [-0.4, -0.2) is 19.0 Å². The molecular formula is C15H15N3O2S. The number of carbonyl (C=O) groups excluding carboxylic acids is 1. The van der Waals surface area contributed by atoms with Gasteiger partial charge in [0.25, 0.3) is 5.91 Å². The molecule has 0 spiro atoms. The van der Waals surface area contributed by atoms with Gasteiger partial charge in [0, 0.05) is 10.4 Å². The first kappa shape index (κ1) is 14.8. The molecule has 2 rings (SSSR count). The number of benzene rings is 1. The number of guanidine groups is 1. The summed E-state index contributed by atoms with van der Waals surface area (Å²) in [7, 11) is 1.58. The van der Waals surface area contributed by atoms with Crippen molar-refractivity contribution in [2.75, 3.05) is 7.11 Å². The molecule has 1 aromatic heterocycles. The number of nitrogens with one attached hydrogen (secondary N) is 2. The fourth-order valence-electron chi connectivity index (χ4n) is 1.81. The van der Waals surface area contributed by atoms with Crippen LogP contribution in [-0.2, 0) is 4.79 Å². The van der Waals surface area contributed by atoms with Crippen LogP contribution in [0.25, 0.3) is 11.6 Å². The van der Waals surface area contributed by atoms with Gasteiger partial charge in [-0.25, -0.2) is 0 Å². The summed E-state index contributed by atoms with van der Waals surface area (Å²) in [5.74, 6) is -0.138. The highest BCUT2D eigenvalue weighted by Gasteiger charge is 2.14. The number of hydrogen-bond acceptors (Lipinski definition) is 4. The van der Waals surface area contributed by atoms with Gasteiger partial charge in [0.2, 0.25) is 0 Å². The highest BCUT2D eigenvalue weighted by Crippen LogP contribution is 2.27. The second-order valence-corrected chi connectivity index (χ2v) is 5.09. The molecule has 0 aliphatic carbocycles. The summed E-state index contributed by atoms with van der Waals surface area (Å²) in [6, 6.07) is 11.1. The fourth-order valence-corrected chi connectivity index (χ4v) is 2.55. The van der Waals surface area contributed by atoms with E-state index >= 15 is 0 Å². The third kappa shape index (κ3) is 3.70. The van der Waals surface area contributed by atoms with Crippen molar-refractivity contribution < 1.29 is 9.53 Å². The molecule has 0 atom stereocenters. The molecule has 5 nitrogen and oxygen atoms in total. The van der Waals surface area contributed by atoms with E-state index in [-0.39, 0.29) is 5.96 Å². The Morgan fingerprint density at radius 3 is 2.71 bits per heavy atom. The molecule has 0 fully saturated rings. The third-order valence-corrected chi connectivity index (χ3v) is 3.62. The summed E-state index contributed by atoms with van der Waals surface area (Å²) < 4.78 is 5.28. The largest absolute Gasteiger partial charge is 0.496 e. The van der Waals surface area contributed by atoms with Crippen LogP contribution in [0.2, 0.25) is 0 Å². The van der Waals surface area contributed by atoms with E-state index < -0.39 is 5.91 Å². The number of carbonyl (C=O) groups is 1. The molecule has 1 aromatic carbocycles. The van der Waals surface area contributed by atoms with Gasteiger partial charge in [-0.1, -0.05) is 24.3 Å². The first-order valence-corrected chi connectivity index (χ1v) is 7.03. The summed E-state index contributed by atoms with van der Waals surface area (Å²) in [5, 5.41) is 11.4. The molecule has 0 aliphatic heterocycles. The Labute approximate surface area is 126 Å². The van der Waals surface area contributed by atoms with Crippen molar-refractivity contribution >= 4 is 34.9 Å². The van der Waals surface area contributed by atoms with Gasteiger partial charge in [0.05, 0.1) is 12.7 Å². The van der Waals surface area contributed by atoms with E-state index in [0.717, 1.165) is 10.4 Å². The summed E-state index contributed by atoms with van der Waals surface area (Å²) in [5.41, 5.74) is 6.45. The van der Waals surface area contributed by atoms with Crippen LogP contribution in [0.3, 0.4) is 0 Å². The summed E-state index contributed by atoms with van der Waals surface area (Å²) in [6.45, 7) is 0. The van der Waals surface area contributed by atoms with E-state index in [9.17, 15) is 4.79 Å². The molecule has 108 valence electrons. The van der Waals surface area contributed by atoms with Gasteiger partial charge in [-0.15, -0.1) is 11.3 Å². The van der Waals surface area contributed by atoms with Gasteiger partial charge < -0.3 is 10.5 Å². The van der Waals surface area contributed by atoms with E-state index in [1.165, 1.54) is 11.3 Å². The van der Waals surface area contributed by atoms with Gasteiger partial charge in [-0.3, -0.25) is 15.5 Å². The lowest BCUT2D eigenvalue weighted by Crippen LogP contribution is -2.36. The number of methoxy groups -OCH3 is 1. The van der Waals surface area contributed by atoms with Crippen LogP contribution in [0.5, 0.6) is 5.75 Å². The standard InChI is InChI=1S/C15H15N3O2S/c1-20-12-6-3-2-5-10(12)9-11(13-7-4-8-21-13)14(19)18-15(16)17/h2-9H,1H3,(H4,16,17,18,19)/b11-9-. The predicted molar refractivity (Wildman–Crippen MR) is 85.2 cm³/mol. The van der Waals surface area contributed by atoms with Crippen LogP contribution in [0.1, 0.15) is 10.4 Å². The second kappa shape index (κ2) is 6.71. The van der Waals surface area contributed by atoms with Crippen molar-refractivity contribution in [3.63, 3.8) is 0 Å². The van der Waals surface area contributed by atoms with E-state index in [1.807, 2.05) is 41.8 Å². The number of thiophene rings is 1. The molecule has 0 saturated heterocycles. The van der Waals surface area contributed by atoms with Crippen LogP contribution in [0.15, 0.2) is 41.8 Å². The zero-order chi connectivity index (χ0) is 15.2. The van der Waals surface area contributed by atoms with Gasteiger partial charge in [0.1, 0.15) is 5.75 Å². The second-order valence-electron chi connectivity index (χ2n) is 4.15. The molecular weight excluding hydrogens is 286 g/mol. The van der Waals surface area contributed by atoms with Crippen molar-refractivity contribution in [2.45, 2.75) is 0 Å². The number of nitrogens with two attached hydrogens (primary N) is 1. The number of ether oxygens (including phenoxy) is 1. The average Bonchev–Trinajstić information content (AvgIpc) is 2.98. The summed E-state index contributed by atoms with van der Waals surface area (Å²) >= 11 is 1.44. The van der Waals surface area contributed by atoms with Gasteiger partial charge in [-0.2, -0.15) is 0 Å². The zero-order valence-electron chi connectivity index (χ0n) is 11.4. The first-order valence-electron chi connectivity index (χ1n) is 6.16. The number of para-hydroxylation sites is 1. The Morgan fingerprint density at radius 1 is 1.33 bits per heavy atom. The SMILES string of the molecule is COc1ccccc1/C=C(\C(=O)NC(=N)N)c1cccs1. The maximum absolute atomic E-state index is 12.2. The van der Waals surface area contributed by atoms with Crippen LogP contribution in [0.4, 0.5) is 0 Å². The third-order valence-electron chi connectivity index (χ3n) is 2.72. The minimum atomic E-state index is -0.421.